The fraction of sp³-hybridized carbons (Fsp3) is 0.562. The first kappa shape index (κ1) is 29.8. The summed E-state index contributed by atoms with van der Waals surface area (Å²) in [5, 5.41) is 22.7. The minimum absolute atomic E-state index is 0.0530. The van der Waals surface area contributed by atoms with Gasteiger partial charge in [-0.1, -0.05) is 0 Å². The summed E-state index contributed by atoms with van der Waals surface area (Å²) in [7, 11) is -15.9. The van der Waals surface area contributed by atoms with E-state index in [1.165, 1.54) is 10.9 Å². The largest absolute Gasteiger partial charge is 0.489 e. The van der Waals surface area contributed by atoms with Crippen molar-refractivity contribution in [2.24, 2.45) is 0 Å². The van der Waals surface area contributed by atoms with Crippen molar-refractivity contribution in [2.45, 2.75) is 43.8 Å². The molecule has 0 aliphatic carbocycles. The Bertz CT molecular complexity index is 1290. The second kappa shape index (κ2) is 11.9. The van der Waals surface area contributed by atoms with Gasteiger partial charge in [0.25, 0.3) is 0 Å². The molecule has 21 heteroatoms. The van der Waals surface area contributed by atoms with Crippen LogP contribution in [0.5, 0.6) is 0 Å². The number of hydrogen-bond donors (Lipinski definition) is 7. The molecular weight excluding hydrogens is 561 g/mol. The lowest BCUT2D eigenvalue weighted by Gasteiger charge is -2.20. The first-order valence-electron chi connectivity index (χ1n) is 10.4. The summed E-state index contributed by atoms with van der Waals surface area (Å²) in [5.74, 6) is 2.42. The Balaban J connectivity index is 1.57. The number of aliphatic hydroxyl groups is 2. The second-order valence-corrected chi connectivity index (χ2v) is 12.4. The van der Waals surface area contributed by atoms with Gasteiger partial charge in [0.2, 0.25) is 0 Å². The number of fused-ring (bicyclic) bond motifs is 1. The Morgan fingerprint density at radius 3 is 2.54 bits per heavy atom. The molecular formula is C16H25N6O12P3. The maximum absolute atomic E-state index is 12.2. The van der Waals surface area contributed by atoms with Gasteiger partial charge in [-0.3, -0.25) is 9.09 Å². The lowest BCUT2D eigenvalue weighted by atomic mass is 10.1. The van der Waals surface area contributed by atoms with Crippen LogP contribution in [-0.4, -0.2) is 75.9 Å². The maximum atomic E-state index is 12.2. The summed E-state index contributed by atoms with van der Waals surface area (Å²) >= 11 is 0. The first-order valence-corrected chi connectivity index (χ1v) is 15.0. The third kappa shape index (κ3) is 7.85. The van der Waals surface area contributed by atoms with Gasteiger partial charge >= 0.3 is 23.4 Å². The number of terminal acetylenes is 1. The number of anilines is 1. The molecule has 206 valence electrons. The third-order valence-corrected chi connectivity index (χ3v) is 9.34. The van der Waals surface area contributed by atoms with Crippen molar-refractivity contribution in [2.75, 3.05) is 18.9 Å². The predicted molar refractivity (Wildman–Crippen MR) is 124 cm³/mol. The summed E-state index contributed by atoms with van der Waals surface area (Å²) in [6.45, 7) is -1.04. The smallest absolute Gasteiger partial charge is 0.387 e. The zero-order valence-electron chi connectivity index (χ0n) is 18.9. The maximum Gasteiger partial charge on any atom is 0.489 e. The highest BCUT2D eigenvalue weighted by Gasteiger charge is 2.47. The van der Waals surface area contributed by atoms with Gasteiger partial charge in [0.05, 0.1) is 12.9 Å². The Morgan fingerprint density at radius 2 is 1.84 bits per heavy atom. The molecule has 0 aromatic carbocycles. The van der Waals surface area contributed by atoms with Crippen molar-refractivity contribution in [3.05, 3.63) is 12.7 Å². The average Bonchev–Trinajstić information content (AvgIpc) is 3.33. The number of unbranched alkanes of at least 4 members (excludes halogenated alkanes) is 2. The molecule has 1 fully saturated rings. The molecule has 0 saturated carbocycles. The number of rotatable bonds is 13. The highest BCUT2D eigenvalue weighted by Crippen LogP contribution is 2.66. The van der Waals surface area contributed by atoms with Crippen molar-refractivity contribution >= 4 is 40.4 Å². The third-order valence-electron chi connectivity index (χ3n) is 4.88. The monoisotopic (exact) mass is 586 g/mol. The van der Waals surface area contributed by atoms with Crippen LogP contribution < -0.4 is 10.8 Å². The fourth-order valence-electron chi connectivity index (χ4n) is 3.23. The molecule has 2 aromatic rings. The molecule has 0 radical (unpaired) electrons. The molecule has 7 atom stereocenters. The molecule has 1 aliphatic rings. The Labute approximate surface area is 209 Å². The molecule has 1 aliphatic heterocycles. The van der Waals surface area contributed by atoms with E-state index >= 15 is 0 Å². The van der Waals surface area contributed by atoms with Gasteiger partial charge < -0.3 is 35.4 Å². The number of nitrogen functional groups attached to an aromatic ring is 1. The van der Waals surface area contributed by atoms with Crippen molar-refractivity contribution in [3.63, 3.8) is 0 Å². The lowest BCUT2D eigenvalue weighted by Crippen LogP contribution is -2.33. The van der Waals surface area contributed by atoms with Crippen LogP contribution in [0.4, 0.5) is 5.82 Å². The van der Waals surface area contributed by atoms with Gasteiger partial charge in [-0.05, 0) is 12.8 Å². The zero-order valence-corrected chi connectivity index (χ0v) is 21.6. The van der Waals surface area contributed by atoms with E-state index in [1.807, 2.05) is 5.09 Å². The van der Waals surface area contributed by atoms with E-state index in [-0.39, 0.29) is 23.5 Å². The van der Waals surface area contributed by atoms with Crippen LogP contribution in [-0.2, 0) is 31.6 Å². The van der Waals surface area contributed by atoms with Crippen molar-refractivity contribution in [1.82, 2.24) is 24.6 Å². The summed E-state index contributed by atoms with van der Waals surface area (Å²) in [4.78, 5) is 40.9. The van der Waals surface area contributed by atoms with E-state index < -0.39 is 54.5 Å². The molecule has 0 amide bonds. The number of phosphoric ester groups is 1. The quantitative estimate of drug-likeness (QED) is 0.0907. The Kier molecular flexibility index (Phi) is 9.60. The van der Waals surface area contributed by atoms with Gasteiger partial charge in [-0.25, -0.2) is 33.7 Å². The zero-order chi connectivity index (χ0) is 27.4. The Morgan fingerprint density at radius 1 is 1.11 bits per heavy atom. The summed E-state index contributed by atoms with van der Waals surface area (Å²) in [6.07, 6.45) is 2.72. The van der Waals surface area contributed by atoms with Crippen LogP contribution in [0.2, 0.25) is 0 Å². The number of hydrogen-bond acceptors (Lipinski definition) is 13. The summed E-state index contributed by atoms with van der Waals surface area (Å²) in [6, 6.07) is 0. The van der Waals surface area contributed by atoms with Gasteiger partial charge in [-0.2, -0.15) is 8.62 Å². The molecule has 0 bridgehead atoms. The van der Waals surface area contributed by atoms with E-state index in [9.17, 15) is 38.6 Å². The number of nitrogens with two attached hydrogens (primary N) is 1. The van der Waals surface area contributed by atoms with E-state index in [0.717, 1.165) is 6.33 Å². The molecule has 4 unspecified atom stereocenters. The van der Waals surface area contributed by atoms with E-state index in [0.29, 0.717) is 19.3 Å². The van der Waals surface area contributed by atoms with Gasteiger partial charge in [0.15, 0.2) is 17.7 Å². The standard InChI is InChI=1S/C16H25N6O12P3/c1-2-3-4-5-6-21-35(25,26)33-37(29,30)34-36(27,28)31-7-10-12(23)13(24)16(32-10)22-9-20-11-14(17)18-8-19-15(11)22/h1,8-10,12-13,16,23-24H,3-7H2,(H,27,28)(H,29,30)(H2,17,18,19)(H2,21,25,26)/t10-,12+,13?,16-/m1/s1. The van der Waals surface area contributed by atoms with Gasteiger partial charge in [0, 0.05) is 13.0 Å². The van der Waals surface area contributed by atoms with Crippen molar-refractivity contribution in [3.8, 4) is 12.3 Å². The number of nitrogens with one attached hydrogen (secondary N) is 1. The van der Waals surface area contributed by atoms with Crippen LogP contribution in [0.1, 0.15) is 25.5 Å². The lowest BCUT2D eigenvalue weighted by molar-refractivity contribution is -0.0503. The molecule has 0 spiro atoms. The minimum atomic E-state index is -5.61. The highest BCUT2D eigenvalue weighted by atomic mass is 31.3. The Hall–Kier alpha value is -1.80. The molecule has 8 N–H and O–H groups in total. The SMILES string of the molecule is C#CCCCCNP(=O)(O)OP(=O)(O)OP(=O)(O)OC[C@H]1O[C@@H](n2cnc3c(N)ncnc32)C(O)[C@H]1O. The molecule has 3 rings (SSSR count). The second-order valence-electron chi connectivity index (χ2n) is 7.62. The number of phosphoric acid groups is 2. The van der Waals surface area contributed by atoms with E-state index in [2.05, 4.69) is 34.0 Å². The van der Waals surface area contributed by atoms with Crippen LogP contribution in [0.3, 0.4) is 0 Å². The van der Waals surface area contributed by atoms with Crippen LogP contribution >= 0.6 is 23.4 Å². The normalized spacial score (nSPS) is 26.8. The fourth-order valence-corrected chi connectivity index (χ4v) is 6.98. The molecule has 3 heterocycles. The highest BCUT2D eigenvalue weighted by molar-refractivity contribution is 7.67. The first-order chi connectivity index (χ1) is 17.3. The molecule has 2 aromatic heterocycles. The van der Waals surface area contributed by atoms with Crippen LogP contribution in [0.15, 0.2) is 12.7 Å². The van der Waals surface area contributed by atoms with E-state index in [1.54, 1.807) is 0 Å². The molecule has 37 heavy (non-hydrogen) atoms. The average molecular weight is 586 g/mol. The number of nitrogens with zero attached hydrogens (tertiary/aromatic N) is 4. The number of aliphatic hydroxyl groups excluding tert-OH is 2. The van der Waals surface area contributed by atoms with Crippen molar-refractivity contribution in [1.29, 1.82) is 0 Å². The predicted octanol–water partition coefficient (Wildman–Crippen LogP) is -0.228. The van der Waals surface area contributed by atoms with Gasteiger partial charge in [0.1, 0.15) is 30.2 Å². The topological polar surface area (TPSA) is 271 Å². The molecule has 18 nitrogen and oxygen atoms in total. The number of aromatic nitrogens is 4. The van der Waals surface area contributed by atoms with E-state index in [4.69, 9.17) is 16.9 Å². The minimum Gasteiger partial charge on any atom is -0.387 e. The van der Waals surface area contributed by atoms with Crippen LogP contribution in [0.25, 0.3) is 11.2 Å². The van der Waals surface area contributed by atoms with Gasteiger partial charge in [-0.15, -0.1) is 12.3 Å². The van der Waals surface area contributed by atoms with Crippen molar-refractivity contribution < 1.29 is 56.5 Å². The molecule has 1 saturated heterocycles. The summed E-state index contributed by atoms with van der Waals surface area (Å²) < 4.78 is 55.5. The van der Waals surface area contributed by atoms with Crippen LogP contribution in [0, 0.1) is 12.3 Å². The summed E-state index contributed by atoms with van der Waals surface area (Å²) in [5.41, 5.74) is 6.08. The number of ether oxygens (including phenoxy) is 1. The number of imidazole rings is 1.